The van der Waals surface area contributed by atoms with Crippen LogP contribution in [0.1, 0.15) is 23.2 Å². The Hall–Kier alpha value is -2.75. The van der Waals surface area contributed by atoms with Gasteiger partial charge in [-0.2, -0.15) is 0 Å². The van der Waals surface area contributed by atoms with Crippen LogP contribution in [0.4, 0.5) is 10.5 Å². The van der Waals surface area contributed by atoms with E-state index in [2.05, 4.69) is 9.71 Å². The number of imide groups is 1. The second kappa shape index (κ2) is 6.63. The highest BCUT2D eigenvalue weighted by molar-refractivity contribution is 7.94. The number of carbonyl (C=O) groups is 3. The number of hydrogen-bond donors (Lipinski definition) is 2. The number of rotatable bonds is 4. The third kappa shape index (κ3) is 3.53. The number of sulfonamides is 1. The zero-order valence-electron chi connectivity index (χ0n) is 13.1. The van der Waals surface area contributed by atoms with E-state index < -0.39 is 27.2 Å². The minimum Gasteiger partial charge on any atom is -0.339 e. The molecule has 10 heteroatoms. The molecule has 0 aliphatic carbocycles. The van der Waals surface area contributed by atoms with E-state index in [1.54, 1.807) is 17.0 Å². The molecule has 1 saturated heterocycles. The first-order chi connectivity index (χ1) is 11.9. The minimum absolute atomic E-state index is 0.0810. The van der Waals surface area contributed by atoms with Crippen LogP contribution in [0.3, 0.4) is 0 Å². The van der Waals surface area contributed by atoms with Gasteiger partial charge in [-0.1, -0.05) is 12.1 Å². The molecular weight excluding hydrogens is 348 g/mol. The van der Waals surface area contributed by atoms with Crippen LogP contribution < -0.4 is 10.0 Å². The maximum atomic E-state index is 12.6. The number of aliphatic imine (C=N–C) groups is 1. The van der Waals surface area contributed by atoms with Gasteiger partial charge in [0.05, 0.1) is 11.3 Å². The lowest BCUT2D eigenvalue weighted by Gasteiger charge is -2.20. The molecule has 2 aliphatic rings. The number of nitrogens with zero attached hydrogens (tertiary/aromatic N) is 2. The highest BCUT2D eigenvalue weighted by Gasteiger charge is 2.36. The zero-order valence-corrected chi connectivity index (χ0v) is 14.0. The van der Waals surface area contributed by atoms with E-state index >= 15 is 0 Å². The van der Waals surface area contributed by atoms with Crippen molar-refractivity contribution in [2.45, 2.75) is 18.1 Å². The molecule has 3 rings (SSSR count). The quantitative estimate of drug-likeness (QED) is 0.798. The normalized spacial score (nSPS) is 20.5. The highest BCUT2D eigenvalue weighted by Crippen LogP contribution is 2.22. The molecule has 0 aromatic heterocycles. The molecular formula is C15H16N4O5S. The number of hydrogen-bond acceptors (Lipinski definition) is 5. The Morgan fingerprint density at radius 1 is 1.20 bits per heavy atom. The fourth-order valence-electron chi connectivity index (χ4n) is 2.70. The minimum atomic E-state index is -4.22. The molecule has 1 fully saturated rings. The molecule has 2 aliphatic heterocycles. The van der Waals surface area contributed by atoms with Crippen LogP contribution in [0.25, 0.3) is 0 Å². The SMILES string of the molecule is O=C1N=CC(S(=O)(=O)Nc2ccccc2C(=O)N2CCCC2)C(=O)N1. The molecule has 132 valence electrons. The molecule has 0 saturated carbocycles. The maximum Gasteiger partial charge on any atom is 0.347 e. The van der Waals surface area contributed by atoms with Crippen molar-refractivity contribution in [2.24, 2.45) is 4.99 Å². The zero-order chi connectivity index (χ0) is 18.0. The Labute approximate surface area is 144 Å². The second-order valence-corrected chi connectivity index (χ2v) is 7.49. The van der Waals surface area contributed by atoms with Crippen LogP contribution in [0.2, 0.25) is 0 Å². The van der Waals surface area contributed by atoms with Crippen molar-refractivity contribution in [1.82, 2.24) is 10.2 Å². The first-order valence-electron chi connectivity index (χ1n) is 7.67. The molecule has 0 bridgehead atoms. The van der Waals surface area contributed by atoms with Crippen molar-refractivity contribution in [3.63, 3.8) is 0 Å². The Kier molecular flexibility index (Phi) is 4.53. The molecule has 2 N–H and O–H groups in total. The summed E-state index contributed by atoms with van der Waals surface area (Å²) in [6.07, 6.45) is 2.59. The van der Waals surface area contributed by atoms with Crippen molar-refractivity contribution in [2.75, 3.05) is 17.8 Å². The first kappa shape index (κ1) is 17.1. The van der Waals surface area contributed by atoms with Crippen molar-refractivity contribution >= 4 is 39.8 Å². The van der Waals surface area contributed by atoms with Gasteiger partial charge >= 0.3 is 6.03 Å². The number of urea groups is 1. The summed E-state index contributed by atoms with van der Waals surface area (Å²) in [7, 11) is -4.22. The predicted octanol–water partition coefficient (Wildman–Crippen LogP) is 0.354. The lowest BCUT2D eigenvalue weighted by Crippen LogP contribution is -2.48. The third-order valence-electron chi connectivity index (χ3n) is 3.95. The Bertz CT molecular complexity index is 858. The molecule has 2 heterocycles. The van der Waals surface area contributed by atoms with Gasteiger partial charge in [0.1, 0.15) is 0 Å². The van der Waals surface area contributed by atoms with Gasteiger partial charge < -0.3 is 4.90 Å². The van der Waals surface area contributed by atoms with Gasteiger partial charge in [0.25, 0.3) is 11.8 Å². The van der Waals surface area contributed by atoms with Gasteiger partial charge in [-0.3, -0.25) is 19.6 Å². The van der Waals surface area contributed by atoms with Crippen molar-refractivity contribution in [1.29, 1.82) is 0 Å². The van der Waals surface area contributed by atoms with E-state index in [-0.39, 0.29) is 17.2 Å². The van der Waals surface area contributed by atoms with Gasteiger partial charge in [-0.25, -0.2) is 18.2 Å². The molecule has 1 atom stereocenters. The first-order valence-corrected chi connectivity index (χ1v) is 9.22. The summed E-state index contributed by atoms with van der Waals surface area (Å²) >= 11 is 0. The summed E-state index contributed by atoms with van der Waals surface area (Å²) in [5, 5.41) is 0.181. The van der Waals surface area contributed by atoms with Gasteiger partial charge in [0.2, 0.25) is 10.0 Å². The lowest BCUT2D eigenvalue weighted by atomic mass is 10.1. The predicted molar refractivity (Wildman–Crippen MR) is 89.9 cm³/mol. The summed E-state index contributed by atoms with van der Waals surface area (Å²) in [6.45, 7) is 1.25. The van der Waals surface area contributed by atoms with Crippen LogP contribution in [-0.4, -0.2) is 55.7 Å². The van der Waals surface area contributed by atoms with E-state index in [4.69, 9.17) is 0 Å². The largest absolute Gasteiger partial charge is 0.347 e. The van der Waals surface area contributed by atoms with Gasteiger partial charge in [-0.15, -0.1) is 0 Å². The van der Waals surface area contributed by atoms with Gasteiger partial charge in [0, 0.05) is 19.3 Å². The van der Waals surface area contributed by atoms with Crippen LogP contribution in [0, 0.1) is 0 Å². The number of anilines is 1. The highest BCUT2D eigenvalue weighted by atomic mass is 32.2. The summed E-state index contributed by atoms with van der Waals surface area (Å²) in [5.41, 5.74) is 0.287. The lowest BCUT2D eigenvalue weighted by molar-refractivity contribution is -0.118. The monoisotopic (exact) mass is 364 g/mol. The topological polar surface area (TPSA) is 125 Å². The summed E-state index contributed by atoms with van der Waals surface area (Å²) < 4.78 is 27.2. The standard InChI is InChI=1S/C15H16N4O5S/c20-13-12(9-16-15(22)17-13)25(23,24)18-11-6-2-1-5-10(11)14(21)19-7-3-4-8-19/h1-2,5-6,9,12,18H,3-4,7-8H2,(H,17,20,22). The average molecular weight is 364 g/mol. The van der Waals surface area contributed by atoms with Crippen LogP contribution in [0.5, 0.6) is 0 Å². The molecule has 0 spiro atoms. The van der Waals surface area contributed by atoms with E-state index in [9.17, 15) is 22.8 Å². The molecule has 0 radical (unpaired) electrons. The van der Waals surface area contributed by atoms with Crippen molar-refractivity contribution in [3.8, 4) is 0 Å². The molecule has 4 amide bonds. The van der Waals surface area contributed by atoms with Gasteiger partial charge in [0.15, 0.2) is 5.25 Å². The number of likely N-dealkylation sites (tertiary alicyclic amines) is 1. The summed E-state index contributed by atoms with van der Waals surface area (Å²) in [4.78, 5) is 40.3. The molecule has 1 unspecified atom stereocenters. The number of amides is 4. The van der Waals surface area contributed by atoms with Crippen LogP contribution >= 0.6 is 0 Å². The van der Waals surface area contributed by atoms with Gasteiger partial charge in [-0.05, 0) is 25.0 Å². The number of para-hydroxylation sites is 1. The Morgan fingerprint density at radius 3 is 2.56 bits per heavy atom. The number of carbonyl (C=O) groups excluding carboxylic acids is 3. The molecule has 25 heavy (non-hydrogen) atoms. The summed E-state index contributed by atoms with van der Waals surface area (Å²) in [6, 6.07) is 5.27. The fourth-order valence-corrected chi connectivity index (χ4v) is 3.87. The smallest absolute Gasteiger partial charge is 0.339 e. The maximum absolute atomic E-state index is 12.6. The Morgan fingerprint density at radius 2 is 1.88 bits per heavy atom. The number of nitrogens with one attached hydrogen (secondary N) is 2. The number of benzene rings is 1. The summed E-state index contributed by atoms with van der Waals surface area (Å²) in [5.74, 6) is -1.26. The van der Waals surface area contributed by atoms with Crippen LogP contribution in [-0.2, 0) is 14.8 Å². The van der Waals surface area contributed by atoms with Crippen LogP contribution in [0.15, 0.2) is 29.3 Å². The van der Waals surface area contributed by atoms with Crippen molar-refractivity contribution < 1.29 is 22.8 Å². The fraction of sp³-hybridized carbons (Fsp3) is 0.333. The Balaban J connectivity index is 1.88. The van der Waals surface area contributed by atoms with E-state index in [0.717, 1.165) is 19.1 Å². The van der Waals surface area contributed by atoms with E-state index in [1.807, 2.05) is 5.32 Å². The second-order valence-electron chi connectivity index (χ2n) is 5.69. The molecule has 9 nitrogen and oxygen atoms in total. The third-order valence-corrected chi connectivity index (χ3v) is 5.46. The molecule has 1 aromatic rings. The van der Waals surface area contributed by atoms with E-state index in [1.165, 1.54) is 12.1 Å². The molecule has 1 aromatic carbocycles. The van der Waals surface area contributed by atoms with Crippen molar-refractivity contribution in [3.05, 3.63) is 29.8 Å². The average Bonchev–Trinajstić information content (AvgIpc) is 3.08. The van der Waals surface area contributed by atoms with E-state index in [0.29, 0.717) is 13.1 Å².